The molecule has 0 aromatic heterocycles. The number of hydrogen-bond acceptors (Lipinski definition) is 3. The number of rotatable bonds is 3. The molecule has 0 unspecified atom stereocenters. The van der Waals surface area contributed by atoms with Crippen molar-refractivity contribution in [1.29, 1.82) is 5.26 Å². The van der Waals surface area contributed by atoms with Gasteiger partial charge in [0.25, 0.3) is 0 Å². The molecule has 0 saturated heterocycles. The van der Waals surface area contributed by atoms with Crippen molar-refractivity contribution >= 4 is 34.6 Å². The van der Waals surface area contributed by atoms with Crippen LogP contribution in [0.15, 0.2) is 36.4 Å². The van der Waals surface area contributed by atoms with Crippen molar-refractivity contribution in [2.75, 3.05) is 11.1 Å². The maximum absolute atomic E-state index is 8.72. The van der Waals surface area contributed by atoms with E-state index in [0.29, 0.717) is 33.5 Å². The number of benzene rings is 2. The molecule has 96 valence electrons. The summed E-state index contributed by atoms with van der Waals surface area (Å²) in [5.74, 6) is 0. The molecular formula is C14H11Cl2N3. The summed E-state index contributed by atoms with van der Waals surface area (Å²) in [6.45, 7) is 0.565. The van der Waals surface area contributed by atoms with Crippen molar-refractivity contribution in [1.82, 2.24) is 0 Å². The molecule has 5 heteroatoms. The molecule has 3 N–H and O–H groups in total. The van der Waals surface area contributed by atoms with Crippen LogP contribution in [0.5, 0.6) is 0 Å². The lowest BCUT2D eigenvalue weighted by molar-refractivity contribution is 1.15. The Labute approximate surface area is 121 Å². The van der Waals surface area contributed by atoms with Gasteiger partial charge in [-0.2, -0.15) is 5.26 Å². The number of nitriles is 1. The molecule has 0 saturated carbocycles. The zero-order chi connectivity index (χ0) is 13.8. The van der Waals surface area contributed by atoms with Crippen molar-refractivity contribution in [3.05, 3.63) is 57.6 Å². The van der Waals surface area contributed by atoms with Crippen molar-refractivity contribution in [3.8, 4) is 6.07 Å². The number of nitrogens with one attached hydrogen (secondary N) is 1. The molecule has 0 spiro atoms. The van der Waals surface area contributed by atoms with Crippen LogP contribution in [-0.4, -0.2) is 0 Å². The van der Waals surface area contributed by atoms with Gasteiger partial charge in [0.1, 0.15) is 0 Å². The largest absolute Gasteiger partial charge is 0.399 e. The summed E-state index contributed by atoms with van der Waals surface area (Å²) >= 11 is 12.2. The average molecular weight is 292 g/mol. The highest BCUT2D eigenvalue weighted by Crippen LogP contribution is 2.33. The lowest BCUT2D eigenvalue weighted by Crippen LogP contribution is -2.01. The number of nitrogen functional groups attached to an aromatic ring is 1. The second-order valence-electron chi connectivity index (χ2n) is 4.02. The molecular weight excluding hydrogens is 281 g/mol. The van der Waals surface area contributed by atoms with E-state index in [0.717, 1.165) is 5.56 Å². The average Bonchev–Trinajstić information content (AvgIpc) is 2.38. The summed E-state index contributed by atoms with van der Waals surface area (Å²) in [5.41, 5.74) is 8.48. The molecule has 0 radical (unpaired) electrons. The predicted molar refractivity (Wildman–Crippen MR) is 79.4 cm³/mol. The van der Waals surface area contributed by atoms with E-state index < -0.39 is 0 Å². The second kappa shape index (κ2) is 5.83. The highest BCUT2D eigenvalue weighted by atomic mass is 35.5. The maximum atomic E-state index is 8.72. The first-order chi connectivity index (χ1) is 9.10. The van der Waals surface area contributed by atoms with Gasteiger partial charge in [0.2, 0.25) is 0 Å². The van der Waals surface area contributed by atoms with E-state index in [4.69, 9.17) is 34.2 Å². The Kier molecular flexibility index (Phi) is 4.16. The van der Waals surface area contributed by atoms with Crippen molar-refractivity contribution < 1.29 is 0 Å². The van der Waals surface area contributed by atoms with Gasteiger partial charge in [-0.15, -0.1) is 0 Å². The van der Waals surface area contributed by atoms with Gasteiger partial charge in [-0.25, -0.2) is 0 Å². The van der Waals surface area contributed by atoms with E-state index in [-0.39, 0.29) is 0 Å². The third-order valence-electron chi connectivity index (χ3n) is 2.62. The van der Waals surface area contributed by atoms with Crippen LogP contribution in [0.3, 0.4) is 0 Å². The third kappa shape index (κ3) is 3.31. The molecule has 2 aromatic rings. The Morgan fingerprint density at radius 1 is 1.11 bits per heavy atom. The fourth-order valence-corrected chi connectivity index (χ4v) is 2.29. The summed E-state index contributed by atoms with van der Waals surface area (Å²) in [6, 6.07) is 12.7. The zero-order valence-electron chi connectivity index (χ0n) is 9.95. The van der Waals surface area contributed by atoms with Crippen LogP contribution in [0.25, 0.3) is 0 Å². The monoisotopic (exact) mass is 291 g/mol. The molecule has 0 bridgehead atoms. The van der Waals surface area contributed by atoms with Gasteiger partial charge in [0, 0.05) is 12.2 Å². The Hall–Kier alpha value is -1.89. The number of halogens is 2. The van der Waals surface area contributed by atoms with Crippen molar-refractivity contribution in [2.45, 2.75) is 6.54 Å². The van der Waals surface area contributed by atoms with Gasteiger partial charge >= 0.3 is 0 Å². The van der Waals surface area contributed by atoms with E-state index in [9.17, 15) is 0 Å². The Morgan fingerprint density at radius 2 is 1.68 bits per heavy atom. The molecule has 0 fully saturated rings. The van der Waals surface area contributed by atoms with Crippen molar-refractivity contribution in [2.24, 2.45) is 0 Å². The van der Waals surface area contributed by atoms with E-state index in [1.165, 1.54) is 0 Å². The van der Waals surface area contributed by atoms with Crippen LogP contribution < -0.4 is 11.1 Å². The standard InChI is InChI=1S/C14H11Cl2N3/c15-12-5-11(18)6-13(16)14(12)19-8-10-3-1-9(7-17)2-4-10/h1-6,19H,8,18H2. The molecule has 0 aliphatic heterocycles. The maximum Gasteiger partial charge on any atom is 0.0991 e. The van der Waals surface area contributed by atoms with Gasteiger partial charge in [-0.05, 0) is 29.8 Å². The van der Waals surface area contributed by atoms with Gasteiger partial charge in [0.15, 0.2) is 0 Å². The molecule has 0 heterocycles. The van der Waals surface area contributed by atoms with Gasteiger partial charge < -0.3 is 11.1 Å². The number of nitrogens with zero attached hydrogens (tertiary/aromatic N) is 1. The summed E-state index contributed by atoms with van der Waals surface area (Å²) in [7, 11) is 0. The number of hydrogen-bond donors (Lipinski definition) is 2. The number of anilines is 2. The first-order valence-electron chi connectivity index (χ1n) is 5.57. The molecule has 2 rings (SSSR count). The van der Waals surface area contributed by atoms with Crippen LogP contribution >= 0.6 is 23.2 Å². The SMILES string of the molecule is N#Cc1ccc(CNc2c(Cl)cc(N)cc2Cl)cc1. The van der Waals surface area contributed by atoms with Crippen molar-refractivity contribution in [3.63, 3.8) is 0 Å². The minimum absolute atomic E-state index is 0.485. The minimum Gasteiger partial charge on any atom is -0.399 e. The lowest BCUT2D eigenvalue weighted by Gasteiger charge is -2.11. The smallest absolute Gasteiger partial charge is 0.0991 e. The molecule has 0 aliphatic rings. The van der Waals surface area contributed by atoms with E-state index in [1.54, 1.807) is 24.3 Å². The summed E-state index contributed by atoms with van der Waals surface area (Å²) < 4.78 is 0. The Morgan fingerprint density at radius 3 is 2.21 bits per heavy atom. The Bertz CT molecular complexity index is 607. The third-order valence-corrected chi connectivity index (χ3v) is 3.21. The minimum atomic E-state index is 0.485. The summed E-state index contributed by atoms with van der Waals surface area (Å²) in [5, 5.41) is 12.9. The quantitative estimate of drug-likeness (QED) is 0.839. The zero-order valence-corrected chi connectivity index (χ0v) is 11.5. The predicted octanol–water partition coefficient (Wildman–Crippen LogP) is 4.06. The lowest BCUT2D eigenvalue weighted by atomic mass is 10.1. The first-order valence-corrected chi connectivity index (χ1v) is 6.33. The summed E-state index contributed by atoms with van der Waals surface area (Å²) in [6.07, 6.45) is 0. The normalized spacial score (nSPS) is 9.95. The second-order valence-corrected chi connectivity index (χ2v) is 4.84. The summed E-state index contributed by atoms with van der Waals surface area (Å²) in [4.78, 5) is 0. The van der Waals surface area contributed by atoms with Crippen LogP contribution in [0.2, 0.25) is 10.0 Å². The molecule has 19 heavy (non-hydrogen) atoms. The van der Waals surface area contributed by atoms with E-state index in [2.05, 4.69) is 11.4 Å². The van der Waals surface area contributed by atoms with Gasteiger partial charge in [-0.1, -0.05) is 35.3 Å². The molecule has 2 aromatic carbocycles. The van der Waals surface area contributed by atoms with E-state index >= 15 is 0 Å². The fourth-order valence-electron chi connectivity index (χ4n) is 1.65. The highest BCUT2D eigenvalue weighted by molar-refractivity contribution is 6.39. The van der Waals surface area contributed by atoms with Gasteiger partial charge in [-0.3, -0.25) is 0 Å². The fraction of sp³-hybridized carbons (Fsp3) is 0.0714. The highest BCUT2D eigenvalue weighted by Gasteiger charge is 2.06. The van der Waals surface area contributed by atoms with Crippen LogP contribution in [0, 0.1) is 11.3 Å². The van der Waals surface area contributed by atoms with E-state index in [1.807, 2.05) is 12.1 Å². The molecule has 0 atom stereocenters. The van der Waals surface area contributed by atoms with Crippen LogP contribution in [-0.2, 0) is 6.54 Å². The molecule has 3 nitrogen and oxygen atoms in total. The van der Waals surface area contributed by atoms with Crippen LogP contribution in [0.4, 0.5) is 11.4 Å². The number of nitrogens with two attached hydrogens (primary N) is 1. The molecule has 0 amide bonds. The van der Waals surface area contributed by atoms with Crippen LogP contribution in [0.1, 0.15) is 11.1 Å². The first kappa shape index (κ1) is 13.5. The van der Waals surface area contributed by atoms with Gasteiger partial charge in [0.05, 0.1) is 27.4 Å². The Balaban J connectivity index is 2.12. The topological polar surface area (TPSA) is 61.8 Å². The molecule has 0 aliphatic carbocycles.